The van der Waals surface area contributed by atoms with Gasteiger partial charge in [0.15, 0.2) is 0 Å². The summed E-state index contributed by atoms with van der Waals surface area (Å²) >= 11 is 0. The van der Waals surface area contributed by atoms with Crippen LogP contribution in [0.2, 0.25) is 0 Å². The van der Waals surface area contributed by atoms with Gasteiger partial charge in [0.2, 0.25) is 0 Å². The van der Waals surface area contributed by atoms with E-state index in [0.717, 1.165) is 31.7 Å². The van der Waals surface area contributed by atoms with E-state index in [2.05, 4.69) is 11.4 Å². The molecular formula is C18H26N2O3. The van der Waals surface area contributed by atoms with Gasteiger partial charge in [-0.1, -0.05) is 18.2 Å². The van der Waals surface area contributed by atoms with Gasteiger partial charge in [-0.15, -0.1) is 0 Å². The van der Waals surface area contributed by atoms with Crippen molar-refractivity contribution in [3.8, 4) is 5.75 Å². The Morgan fingerprint density at radius 3 is 2.65 bits per heavy atom. The Morgan fingerprint density at radius 1 is 1.26 bits per heavy atom. The summed E-state index contributed by atoms with van der Waals surface area (Å²) in [6.07, 6.45) is 1.40. The molecule has 1 fully saturated rings. The number of piperidine rings is 1. The highest BCUT2D eigenvalue weighted by atomic mass is 16.6. The van der Waals surface area contributed by atoms with Crippen molar-refractivity contribution in [3.05, 3.63) is 29.8 Å². The molecule has 2 aliphatic rings. The van der Waals surface area contributed by atoms with Gasteiger partial charge >= 0.3 is 6.09 Å². The monoisotopic (exact) mass is 318 g/mol. The third-order valence-electron chi connectivity index (χ3n) is 4.39. The van der Waals surface area contributed by atoms with Crippen LogP contribution >= 0.6 is 0 Å². The maximum atomic E-state index is 12.2. The van der Waals surface area contributed by atoms with Gasteiger partial charge in [-0.2, -0.15) is 0 Å². The van der Waals surface area contributed by atoms with Crippen molar-refractivity contribution < 1.29 is 14.3 Å². The molecule has 1 amide bonds. The molecule has 5 nitrogen and oxygen atoms in total. The third kappa shape index (κ3) is 3.78. The van der Waals surface area contributed by atoms with Crippen molar-refractivity contribution in [3.63, 3.8) is 0 Å². The van der Waals surface area contributed by atoms with E-state index in [1.165, 1.54) is 5.56 Å². The number of nitrogens with one attached hydrogen (secondary N) is 1. The number of rotatable bonds is 0. The number of carbonyl (C=O) groups excluding carboxylic acids is 1. The van der Waals surface area contributed by atoms with E-state index >= 15 is 0 Å². The van der Waals surface area contributed by atoms with Crippen LogP contribution in [0.15, 0.2) is 24.3 Å². The molecule has 3 rings (SSSR count). The van der Waals surface area contributed by atoms with Crippen molar-refractivity contribution in [2.24, 2.45) is 0 Å². The number of amides is 1. The molecule has 2 heterocycles. The quantitative estimate of drug-likeness (QED) is 0.799. The lowest BCUT2D eigenvalue weighted by Crippen LogP contribution is -2.54. The Balaban J connectivity index is 1.65. The van der Waals surface area contributed by atoms with Crippen LogP contribution in [0.5, 0.6) is 5.75 Å². The molecule has 0 radical (unpaired) electrons. The summed E-state index contributed by atoms with van der Waals surface area (Å²) in [6, 6.07) is 8.17. The molecule has 23 heavy (non-hydrogen) atoms. The molecule has 1 saturated heterocycles. The molecule has 1 aromatic rings. The number of likely N-dealkylation sites (tertiary alicyclic amines) is 1. The van der Waals surface area contributed by atoms with Gasteiger partial charge in [-0.25, -0.2) is 4.79 Å². The molecule has 0 aliphatic carbocycles. The van der Waals surface area contributed by atoms with Gasteiger partial charge in [0, 0.05) is 44.6 Å². The summed E-state index contributed by atoms with van der Waals surface area (Å²) in [4.78, 5) is 14.0. The second-order valence-electron chi connectivity index (χ2n) is 7.46. The maximum Gasteiger partial charge on any atom is 0.410 e. The summed E-state index contributed by atoms with van der Waals surface area (Å²) in [7, 11) is 0. The summed E-state index contributed by atoms with van der Waals surface area (Å²) in [5, 5.41) is 3.49. The number of benzene rings is 1. The first-order valence-electron chi connectivity index (χ1n) is 8.33. The SMILES string of the molecule is CC(C)(C)OC(=O)N1CCC2(CC1)CNCc1ccccc1O2. The number of carbonyl (C=O) groups is 1. The van der Waals surface area contributed by atoms with E-state index in [1.807, 2.05) is 39.0 Å². The predicted octanol–water partition coefficient (Wildman–Crippen LogP) is 2.94. The highest BCUT2D eigenvalue weighted by molar-refractivity contribution is 5.68. The second-order valence-corrected chi connectivity index (χ2v) is 7.46. The van der Waals surface area contributed by atoms with Crippen LogP contribution in [0.1, 0.15) is 39.2 Å². The molecule has 2 aliphatic heterocycles. The van der Waals surface area contributed by atoms with Crippen LogP contribution in [0.4, 0.5) is 4.79 Å². The molecule has 5 heteroatoms. The summed E-state index contributed by atoms with van der Waals surface area (Å²) in [5.74, 6) is 0.961. The highest BCUT2D eigenvalue weighted by Crippen LogP contribution is 2.33. The molecule has 0 atom stereocenters. The molecule has 1 N–H and O–H groups in total. The predicted molar refractivity (Wildman–Crippen MR) is 88.5 cm³/mol. The average molecular weight is 318 g/mol. The standard InChI is InChI=1S/C18H26N2O3/c1-17(2,3)23-16(21)20-10-8-18(9-11-20)13-19-12-14-6-4-5-7-15(14)22-18/h4-7,19H,8-13H2,1-3H3. The van der Waals surface area contributed by atoms with Crippen molar-refractivity contribution in [1.29, 1.82) is 0 Å². The minimum Gasteiger partial charge on any atom is -0.485 e. The van der Waals surface area contributed by atoms with Crippen LogP contribution in [0, 0.1) is 0 Å². The van der Waals surface area contributed by atoms with E-state index in [-0.39, 0.29) is 11.7 Å². The van der Waals surface area contributed by atoms with Crippen LogP contribution in [0.25, 0.3) is 0 Å². The summed E-state index contributed by atoms with van der Waals surface area (Å²) in [5.41, 5.74) is 0.510. The molecule has 0 saturated carbocycles. The van der Waals surface area contributed by atoms with Gasteiger partial charge in [0.25, 0.3) is 0 Å². The number of fused-ring (bicyclic) bond motifs is 1. The largest absolute Gasteiger partial charge is 0.485 e. The Hall–Kier alpha value is -1.75. The molecule has 126 valence electrons. The number of nitrogens with zero attached hydrogens (tertiary/aromatic N) is 1. The molecule has 1 spiro atoms. The Morgan fingerprint density at radius 2 is 1.96 bits per heavy atom. The number of ether oxygens (including phenoxy) is 2. The van der Waals surface area contributed by atoms with E-state index in [9.17, 15) is 4.79 Å². The summed E-state index contributed by atoms with van der Waals surface area (Å²) < 4.78 is 11.8. The van der Waals surface area contributed by atoms with Crippen LogP contribution < -0.4 is 10.1 Å². The van der Waals surface area contributed by atoms with Gasteiger partial charge in [-0.3, -0.25) is 0 Å². The molecule has 0 aromatic heterocycles. The molecule has 0 unspecified atom stereocenters. The Bertz CT molecular complexity index is 572. The Labute approximate surface area is 137 Å². The topological polar surface area (TPSA) is 50.8 Å². The van der Waals surface area contributed by atoms with E-state index in [0.29, 0.717) is 13.1 Å². The van der Waals surface area contributed by atoms with Crippen LogP contribution in [-0.4, -0.2) is 41.8 Å². The zero-order chi connectivity index (χ0) is 16.5. The van der Waals surface area contributed by atoms with E-state index in [1.54, 1.807) is 4.90 Å². The fraction of sp³-hybridized carbons (Fsp3) is 0.611. The van der Waals surface area contributed by atoms with Gasteiger partial charge in [0.05, 0.1) is 0 Å². The minimum absolute atomic E-state index is 0.227. The molecule has 1 aromatic carbocycles. The zero-order valence-corrected chi connectivity index (χ0v) is 14.2. The fourth-order valence-corrected chi connectivity index (χ4v) is 3.15. The van der Waals surface area contributed by atoms with E-state index in [4.69, 9.17) is 9.47 Å². The number of hydrogen-bond donors (Lipinski definition) is 1. The van der Waals surface area contributed by atoms with Gasteiger partial charge < -0.3 is 19.7 Å². The third-order valence-corrected chi connectivity index (χ3v) is 4.39. The fourth-order valence-electron chi connectivity index (χ4n) is 3.15. The number of hydrogen-bond acceptors (Lipinski definition) is 4. The first-order valence-corrected chi connectivity index (χ1v) is 8.33. The average Bonchev–Trinajstić information content (AvgIpc) is 2.65. The Kier molecular flexibility index (Phi) is 4.23. The first-order chi connectivity index (χ1) is 10.9. The normalized spacial score (nSPS) is 20.4. The highest BCUT2D eigenvalue weighted by Gasteiger charge is 2.40. The van der Waals surface area contributed by atoms with Gasteiger partial charge in [0.1, 0.15) is 17.0 Å². The molecule has 0 bridgehead atoms. The first kappa shape index (κ1) is 16.1. The second kappa shape index (κ2) is 6.04. The smallest absolute Gasteiger partial charge is 0.410 e. The van der Waals surface area contributed by atoms with Crippen LogP contribution in [0.3, 0.4) is 0 Å². The minimum atomic E-state index is -0.453. The lowest BCUT2D eigenvalue weighted by molar-refractivity contribution is -0.0152. The number of para-hydroxylation sites is 1. The maximum absolute atomic E-state index is 12.2. The zero-order valence-electron chi connectivity index (χ0n) is 14.2. The van der Waals surface area contributed by atoms with Crippen molar-refractivity contribution in [2.75, 3.05) is 19.6 Å². The lowest BCUT2D eigenvalue weighted by atomic mass is 9.91. The lowest BCUT2D eigenvalue weighted by Gasteiger charge is -2.41. The van der Waals surface area contributed by atoms with Crippen molar-refractivity contribution in [2.45, 2.75) is 51.4 Å². The van der Waals surface area contributed by atoms with Crippen molar-refractivity contribution in [1.82, 2.24) is 10.2 Å². The van der Waals surface area contributed by atoms with Gasteiger partial charge in [-0.05, 0) is 26.8 Å². The van der Waals surface area contributed by atoms with E-state index < -0.39 is 5.60 Å². The van der Waals surface area contributed by atoms with Crippen molar-refractivity contribution >= 4 is 6.09 Å². The summed E-state index contributed by atoms with van der Waals surface area (Å²) in [6.45, 7) is 8.65. The molecular weight excluding hydrogens is 292 g/mol. The van der Waals surface area contributed by atoms with Crippen LogP contribution in [-0.2, 0) is 11.3 Å².